The summed E-state index contributed by atoms with van der Waals surface area (Å²) < 4.78 is 5.29. The third-order valence-electron chi connectivity index (χ3n) is 2.99. The molecule has 2 aromatic rings. The zero-order valence-electron chi connectivity index (χ0n) is 13.0. The summed E-state index contributed by atoms with van der Waals surface area (Å²) in [5, 5.41) is 9.89. The fraction of sp³-hybridized carbons (Fsp3) is 0.467. The van der Waals surface area contributed by atoms with Crippen LogP contribution >= 0.6 is 35.3 Å². The van der Waals surface area contributed by atoms with Crippen LogP contribution in [0.15, 0.2) is 33.2 Å². The molecule has 5 nitrogen and oxygen atoms in total. The zero-order chi connectivity index (χ0) is 14.9. The SMILES string of the molecule is CN=C(NCCCc1nc(C)cs1)NCCc1ccco1.I. The Morgan fingerprint density at radius 3 is 2.77 bits per heavy atom. The highest BCUT2D eigenvalue weighted by molar-refractivity contribution is 14.0. The van der Waals surface area contributed by atoms with Crippen LogP contribution < -0.4 is 10.6 Å². The minimum absolute atomic E-state index is 0. The highest BCUT2D eigenvalue weighted by Crippen LogP contribution is 2.10. The third kappa shape index (κ3) is 6.78. The summed E-state index contributed by atoms with van der Waals surface area (Å²) >= 11 is 1.73. The molecule has 2 rings (SSSR count). The van der Waals surface area contributed by atoms with Crippen molar-refractivity contribution < 1.29 is 4.42 Å². The van der Waals surface area contributed by atoms with E-state index < -0.39 is 0 Å². The zero-order valence-corrected chi connectivity index (χ0v) is 16.1. The van der Waals surface area contributed by atoms with E-state index in [1.54, 1.807) is 24.6 Å². The lowest BCUT2D eigenvalue weighted by Gasteiger charge is -2.10. The quantitative estimate of drug-likeness (QED) is 0.305. The van der Waals surface area contributed by atoms with Gasteiger partial charge in [0.25, 0.3) is 0 Å². The Labute approximate surface area is 152 Å². The molecule has 0 amide bonds. The van der Waals surface area contributed by atoms with Crippen LogP contribution in [0.3, 0.4) is 0 Å². The first-order valence-corrected chi connectivity index (χ1v) is 8.04. The molecular formula is C15H23IN4OS. The van der Waals surface area contributed by atoms with E-state index in [4.69, 9.17) is 4.42 Å². The van der Waals surface area contributed by atoms with Crippen LogP contribution in [-0.4, -0.2) is 31.1 Å². The molecule has 122 valence electrons. The van der Waals surface area contributed by atoms with Gasteiger partial charge in [0.1, 0.15) is 5.76 Å². The summed E-state index contributed by atoms with van der Waals surface area (Å²) in [7, 11) is 1.78. The van der Waals surface area contributed by atoms with Crippen LogP contribution in [0, 0.1) is 6.92 Å². The molecule has 0 aliphatic carbocycles. The number of aryl methyl sites for hydroxylation is 2. The van der Waals surface area contributed by atoms with E-state index in [1.165, 1.54) is 5.01 Å². The van der Waals surface area contributed by atoms with Gasteiger partial charge >= 0.3 is 0 Å². The summed E-state index contributed by atoms with van der Waals surface area (Å²) in [6, 6.07) is 3.89. The topological polar surface area (TPSA) is 62.5 Å². The molecule has 7 heteroatoms. The van der Waals surface area contributed by atoms with Gasteiger partial charge in [-0.15, -0.1) is 35.3 Å². The van der Waals surface area contributed by atoms with Crippen molar-refractivity contribution in [3.63, 3.8) is 0 Å². The summed E-state index contributed by atoms with van der Waals surface area (Å²) in [5.74, 6) is 1.81. The van der Waals surface area contributed by atoms with E-state index in [0.29, 0.717) is 0 Å². The van der Waals surface area contributed by atoms with Gasteiger partial charge < -0.3 is 15.1 Å². The smallest absolute Gasteiger partial charge is 0.190 e. The Balaban J connectivity index is 0.00000242. The predicted molar refractivity (Wildman–Crippen MR) is 102 cm³/mol. The Kier molecular flexibility index (Phi) is 9.14. The molecule has 0 unspecified atom stereocenters. The second-order valence-electron chi connectivity index (χ2n) is 4.74. The van der Waals surface area contributed by atoms with Gasteiger partial charge in [-0.3, -0.25) is 4.99 Å². The number of nitrogens with zero attached hydrogens (tertiary/aromatic N) is 2. The lowest BCUT2D eigenvalue weighted by molar-refractivity contribution is 0.506. The van der Waals surface area contributed by atoms with E-state index in [1.807, 2.05) is 19.1 Å². The van der Waals surface area contributed by atoms with Crippen LogP contribution in [0.2, 0.25) is 0 Å². The normalized spacial score (nSPS) is 11.1. The Bertz CT molecular complexity index is 554. The van der Waals surface area contributed by atoms with Gasteiger partial charge in [-0.2, -0.15) is 0 Å². The first kappa shape index (κ1) is 19.0. The maximum atomic E-state index is 5.29. The molecule has 0 aliphatic heterocycles. The van der Waals surface area contributed by atoms with Crippen LogP contribution in [0.1, 0.15) is 22.9 Å². The van der Waals surface area contributed by atoms with Crippen molar-refractivity contribution in [2.24, 2.45) is 4.99 Å². The number of hydrogen-bond acceptors (Lipinski definition) is 4. The first-order valence-electron chi connectivity index (χ1n) is 7.16. The van der Waals surface area contributed by atoms with Crippen LogP contribution in [-0.2, 0) is 12.8 Å². The molecule has 22 heavy (non-hydrogen) atoms. The maximum Gasteiger partial charge on any atom is 0.190 e. The number of furan rings is 1. The van der Waals surface area contributed by atoms with Gasteiger partial charge in [0, 0.05) is 44.1 Å². The van der Waals surface area contributed by atoms with Crippen LogP contribution in [0.5, 0.6) is 0 Å². The molecular weight excluding hydrogens is 411 g/mol. The summed E-state index contributed by atoms with van der Waals surface area (Å²) in [5.41, 5.74) is 1.11. The van der Waals surface area contributed by atoms with Crippen molar-refractivity contribution in [1.29, 1.82) is 0 Å². The molecule has 2 heterocycles. The molecule has 2 aromatic heterocycles. The number of halogens is 1. The number of aromatic nitrogens is 1. The van der Waals surface area contributed by atoms with Crippen LogP contribution in [0.4, 0.5) is 0 Å². The van der Waals surface area contributed by atoms with Gasteiger partial charge in [0.15, 0.2) is 5.96 Å². The minimum atomic E-state index is 0. The molecule has 0 saturated heterocycles. The molecule has 0 radical (unpaired) electrons. The van der Waals surface area contributed by atoms with Crippen molar-refractivity contribution in [2.45, 2.75) is 26.2 Å². The van der Waals surface area contributed by atoms with E-state index in [2.05, 4.69) is 26.0 Å². The summed E-state index contributed by atoms with van der Waals surface area (Å²) in [4.78, 5) is 8.67. The van der Waals surface area contributed by atoms with Crippen molar-refractivity contribution in [1.82, 2.24) is 15.6 Å². The van der Waals surface area contributed by atoms with E-state index in [-0.39, 0.29) is 24.0 Å². The number of rotatable bonds is 7. The van der Waals surface area contributed by atoms with Gasteiger partial charge in [0.2, 0.25) is 0 Å². The lowest BCUT2D eigenvalue weighted by atomic mass is 10.3. The monoisotopic (exact) mass is 434 g/mol. The second kappa shape index (κ2) is 10.6. The number of hydrogen-bond donors (Lipinski definition) is 2. The van der Waals surface area contributed by atoms with Gasteiger partial charge in [-0.05, 0) is 25.5 Å². The summed E-state index contributed by atoms with van der Waals surface area (Å²) in [6.45, 7) is 3.72. The number of aliphatic imine (C=N–C) groups is 1. The molecule has 0 fully saturated rings. The largest absolute Gasteiger partial charge is 0.469 e. The molecule has 0 saturated carbocycles. The average Bonchev–Trinajstić information content (AvgIpc) is 3.13. The molecule has 0 aromatic carbocycles. The van der Waals surface area contributed by atoms with Crippen molar-refractivity contribution in [3.8, 4) is 0 Å². The van der Waals surface area contributed by atoms with Crippen LogP contribution in [0.25, 0.3) is 0 Å². The molecule has 0 spiro atoms. The van der Waals surface area contributed by atoms with Crippen molar-refractivity contribution in [3.05, 3.63) is 40.2 Å². The predicted octanol–water partition coefficient (Wildman–Crippen LogP) is 3.00. The number of guanidine groups is 1. The van der Waals surface area contributed by atoms with Gasteiger partial charge in [-0.1, -0.05) is 0 Å². The molecule has 0 atom stereocenters. The Morgan fingerprint density at radius 1 is 1.32 bits per heavy atom. The first-order chi connectivity index (χ1) is 10.3. The van der Waals surface area contributed by atoms with E-state index in [0.717, 1.165) is 49.8 Å². The standard InChI is InChI=1S/C15H22N4OS.HI/c1-12-11-21-14(19-12)6-3-8-17-15(16-2)18-9-7-13-5-4-10-20-13;/h4-5,10-11H,3,6-9H2,1-2H3,(H2,16,17,18);1H. The van der Waals surface area contributed by atoms with Crippen molar-refractivity contribution in [2.75, 3.05) is 20.1 Å². The highest BCUT2D eigenvalue weighted by atomic mass is 127. The third-order valence-corrected chi connectivity index (χ3v) is 4.02. The fourth-order valence-electron chi connectivity index (χ4n) is 1.94. The fourth-order valence-corrected chi connectivity index (χ4v) is 2.76. The molecule has 0 bridgehead atoms. The molecule has 2 N–H and O–H groups in total. The Hall–Kier alpha value is -1.09. The van der Waals surface area contributed by atoms with Gasteiger partial charge in [-0.25, -0.2) is 4.98 Å². The van der Waals surface area contributed by atoms with E-state index in [9.17, 15) is 0 Å². The van der Waals surface area contributed by atoms with Gasteiger partial charge in [0.05, 0.1) is 11.3 Å². The number of nitrogens with one attached hydrogen (secondary N) is 2. The maximum absolute atomic E-state index is 5.29. The molecule has 0 aliphatic rings. The minimum Gasteiger partial charge on any atom is -0.469 e. The summed E-state index contributed by atoms with van der Waals surface area (Å²) in [6.07, 6.45) is 4.61. The van der Waals surface area contributed by atoms with E-state index >= 15 is 0 Å². The lowest BCUT2D eigenvalue weighted by Crippen LogP contribution is -2.38. The Morgan fingerprint density at radius 2 is 2.14 bits per heavy atom. The average molecular weight is 434 g/mol. The number of thiazole rings is 1. The second-order valence-corrected chi connectivity index (χ2v) is 5.68. The van der Waals surface area contributed by atoms with Crippen molar-refractivity contribution >= 4 is 41.3 Å². The highest BCUT2D eigenvalue weighted by Gasteiger charge is 2.01.